The summed E-state index contributed by atoms with van der Waals surface area (Å²) >= 11 is 0. The Kier molecular flexibility index (Phi) is 10.3. The predicted octanol–water partition coefficient (Wildman–Crippen LogP) is 8.88. The van der Waals surface area contributed by atoms with Gasteiger partial charge in [-0.3, -0.25) is 0 Å². The smallest absolute Gasteiger partial charge is 0.342 e. The number of esters is 1. The summed E-state index contributed by atoms with van der Waals surface area (Å²) in [6.45, 7) is 12.4. The van der Waals surface area contributed by atoms with Crippen molar-refractivity contribution < 1.29 is 19.4 Å². The molecule has 0 aromatic heterocycles. The molecule has 0 radical (unpaired) electrons. The Morgan fingerprint density at radius 3 is 2.14 bits per heavy atom. The fourth-order valence-corrected chi connectivity index (χ4v) is 5.30. The van der Waals surface area contributed by atoms with E-state index in [2.05, 4.69) is 57.8 Å². The summed E-state index contributed by atoms with van der Waals surface area (Å²) in [4.78, 5) is 15.3. The highest BCUT2D eigenvalue weighted by atomic mass is 16.5. The molecule has 0 amide bonds. The van der Waals surface area contributed by atoms with E-state index >= 15 is 0 Å². The number of carbonyl (C=O) groups excluding carboxylic acids is 1. The monoisotopic (exact) mass is 565 g/mol. The molecular weight excluding hydrogens is 522 g/mol. The van der Waals surface area contributed by atoms with Crippen molar-refractivity contribution in [1.29, 1.82) is 0 Å². The average molecular weight is 566 g/mol. The summed E-state index contributed by atoms with van der Waals surface area (Å²) < 4.78 is 11.8. The van der Waals surface area contributed by atoms with Gasteiger partial charge in [0.25, 0.3) is 0 Å². The zero-order valence-corrected chi connectivity index (χ0v) is 25.7. The summed E-state index contributed by atoms with van der Waals surface area (Å²) in [5.41, 5.74) is 7.19. The van der Waals surface area contributed by atoms with Crippen molar-refractivity contribution >= 4 is 11.7 Å². The van der Waals surface area contributed by atoms with Crippen LogP contribution in [0.15, 0.2) is 84.9 Å². The number of rotatable bonds is 12. The van der Waals surface area contributed by atoms with Gasteiger partial charge in [0.1, 0.15) is 23.7 Å². The third kappa shape index (κ3) is 7.33. The summed E-state index contributed by atoms with van der Waals surface area (Å²) in [6, 6.07) is 27.3. The van der Waals surface area contributed by atoms with Gasteiger partial charge in [0.05, 0.1) is 6.61 Å². The second-order valence-electron chi connectivity index (χ2n) is 11.5. The van der Waals surface area contributed by atoms with E-state index in [1.807, 2.05) is 67.6 Å². The van der Waals surface area contributed by atoms with Crippen molar-refractivity contribution in [3.63, 3.8) is 0 Å². The Hall–Kier alpha value is -4.25. The van der Waals surface area contributed by atoms with Crippen molar-refractivity contribution in [2.24, 2.45) is 0 Å². The molecule has 0 unspecified atom stereocenters. The number of ether oxygens (including phenoxy) is 2. The Morgan fingerprint density at radius 2 is 1.48 bits per heavy atom. The lowest BCUT2D eigenvalue weighted by Gasteiger charge is -2.28. The molecule has 0 heterocycles. The molecule has 0 saturated heterocycles. The van der Waals surface area contributed by atoms with Crippen LogP contribution < -0.4 is 9.64 Å². The van der Waals surface area contributed by atoms with Crippen LogP contribution in [0.25, 0.3) is 11.1 Å². The van der Waals surface area contributed by atoms with Crippen LogP contribution in [-0.2, 0) is 11.3 Å². The number of para-hydroxylation sites is 2. The quantitative estimate of drug-likeness (QED) is 0.137. The number of nitrogens with zero attached hydrogens (tertiary/aromatic N) is 1. The van der Waals surface area contributed by atoms with Crippen LogP contribution in [0.5, 0.6) is 11.5 Å². The second-order valence-corrected chi connectivity index (χ2v) is 11.5. The number of phenols is 1. The molecule has 0 bridgehead atoms. The number of aromatic hydroxyl groups is 1. The Bertz CT molecular complexity index is 1470. The first-order chi connectivity index (χ1) is 20.2. The predicted molar refractivity (Wildman–Crippen MR) is 172 cm³/mol. The number of anilines is 1. The van der Waals surface area contributed by atoms with Gasteiger partial charge in [-0.15, -0.1) is 0 Å². The van der Waals surface area contributed by atoms with E-state index in [-0.39, 0.29) is 17.9 Å². The number of benzene rings is 4. The molecule has 0 atom stereocenters. The van der Waals surface area contributed by atoms with Crippen LogP contribution >= 0.6 is 0 Å². The number of aryl methyl sites for hydroxylation is 1. The molecule has 42 heavy (non-hydrogen) atoms. The topological polar surface area (TPSA) is 59.0 Å². The van der Waals surface area contributed by atoms with Crippen molar-refractivity contribution in [2.45, 2.75) is 59.5 Å². The zero-order valence-electron chi connectivity index (χ0n) is 25.7. The minimum absolute atomic E-state index is 0.110. The van der Waals surface area contributed by atoms with Crippen LogP contribution in [0, 0.1) is 6.92 Å². The van der Waals surface area contributed by atoms with Crippen LogP contribution in [0.3, 0.4) is 0 Å². The van der Waals surface area contributed by atoms with E-state index in [9.17, 15) is 9.90 Å². The average Bonchev–Trinajstić information content (AvgIpc) is 2.99. The molecule has 0 aliphatic carbocycles. The van der Waals surface area contributed by atoms with Gasteiger partial charge >= 0.3 is 5.97 Å². The standard InChI is InChI=1S/C37H43NO4/c1-25(2)29-17-12-18-30(26(3)4)35(29)38(6)20-13-21-41-34-19-11-10-16-31(34)32-22-27(5)23-33(36(32)39)37(40)42-24-28-14-8-7-9-15-28/h7-12,14-19,22-23,25-26,39H,13,20-21,24H2,1-6H3. The van der Waals surface area contributed by atoms with Crippen molar-refractivity contribution in [1.82, 2.24) is 0 Å². The largest absolute Gasteiger partial charge is 0.506 e. The summed E-state index contributed by atoms with van der Waals surface area (Å²) in [5.74, 6) is 0.861. The molecule has 0 aliphatic heterocycles. The van der Waals surface area contributed by atoms with Gasteiger partial charge in [-0.2, -0.15) is 0 Å². The van der Waals surface area contributed by atoms with Crippen LogP contribution in [-0.4, -0.2) is 31.3 Å². The van der Waals surface area contributed by atoms with Crippen molar-refractivity contribution in [3.05, 3.63) is 113 Å². The minimum atomic E-state index is -0.565. The van der Waals surface area contributed by atoms with Gasteiger partial charge in [0.2, 0.25) is 0 Å². The third-order valence-corrected chi connectivity index (χ3v) is 7.48. The minimum Gasteiger partial charge on any atom is -0.506 e. The lowest BCUT2D eigenvalue weighted by Crippen LogP contribution is -2.23. The molecule has 220 valence electrons. The molecule has 4 aromatic carbocycles. The lowest BCUT2D eigenvalue weighted by molar-refractivity contribution is 0.0469. The number of phenolic OH excluding ortho intramolecular Hbond substituents is 1. The normalized spacial score (nSPS) is 11.1. The van der Waals surface area contributed by atoms with Gasteiger partial charge in [-0.1, -0.05) is 94.4 Å². The fourth-order valence-electron chi connectivity index (χ4n) is 5.30. The number of hydrogen-bond acceptors (Lipinski definition) is 5. The molecule has 0 aliphatic rings. The molecule has 0 spiro atoms. The third-order valence-electron chi connectivity index (χ3n) is 7.48. The molecule has 1 N–H and O–H groups in total. The van der Waals surface area contributed by atoms with E-state index in [1.54, 1.807) is 6.07 Å². The highest BCUT2D eigenvalue weighted by molar-refractivity contribution is 5.96. The van der Waals surface area contributed by atoms with Crippen molar-refractivity contribution in [2.75, 3.05) is 25.1 Å². The molecule has 4 rings (SSSR count). The second kappa shape index (κ2) is 14.1. The van der Waals surface area contributed by atoms with Gasteiger partial charge in [-0.25, -0.2) is 4.79 Å². The van der Waals surface area contributed by atoms with Gasteiger partial charge < -0.3 is 19.5 Å². The van der Waals surface area contributed by atoms with E-state index in [4.69, 9.17) is 9.47 Å². The number of carbonyl (C=O) groups is 1. The molecule has 0 fully saturated rings. The summed E-state index contributed by atoms with van der Waals surface area (Å²) in [6.07, 6.45) is 0.825. The molecule has 5 heteroatoms. The van der Waals surface area contributed by atoms with E-state index < -0.39 is 5.97 Å². The molecule has 0 saturated carbocycles. The maximum Gasteiger partial charge on any atom is 0.342 e. The first-order valence-corrected chi connectivity index (χ1v) is 14.8. The fraction of sp³-hybridized carbons (Fsp3) is 0.324. The maximum absolute atomic E-state index is 13.0. The highest BCUT2D eigenvalue weighted by Crippen LogP contribution is 2.39. The van der Waals surface area contributed by atoms with Crippen LogP contribution in [0.2, 0.25) is 0 Å². The highest BCUT2D eigenvalue weighted by Gasteiger charge is 2.21. The van der Waals surface area contributed by atoms with E-state index in [1.165, 1.54) is 16.8 Å². The Balaban J connectivity index is 1.48. The number of hydrogen-bond donors (Lipinski definition) is 1. The van der Waals surface area contributed by atoms with Crippen molar-refractivity contribution in [3.8, 4) is 22.6 Å². The van der Waals surface area contributed by atoms with Gasteiger partial charge in [0.15, 0.2) is 0 Å². The zero-order chi connectivity index (χ0) is 30.2. The van der Waals surface area contributed by atoms with Gasteiger partial charge in [0, 0.05) is 30.4 Å². The van der Waals surface area contributed by atoms with E-state index in [0.717, 1.165) is 29.7 Å². The van der Waals surface area contributed by atoms with Gasteiger partial charge in [-0.05, 0) is 65.6 Å². The molecule has 5 nitrogen and oxygen atoms in total. The summed E-state index contributed by atoms with van der Waals surface area (Å²) in [5, 5.41) is 11.2. The molecule has 4 aromatic rings. The van der Waals surface area contributed by atoms with E-state index in [0.29, 0.717) is 29.8 Å². The first kappa shape index (κ1) is 30.7. The van der Waals surface area contributed by atoms with Crippen LogP contribution in [0.1, 0.15) is 78.6 Å². The van der Waals surface area contributed by atoms with Crippen LogP contribution in [0.4, 0.5) is 5.69 Å². The Labute approximate surface area is 250 Å². The first-order valence-electron chi connectivity index (χ1n) is 14.8. The maximum atomic E-state index is 13.0. The lowest BCUT2D eigenvalue weighted by atomic mass is 9.92. The molecular formula is C37H43NO4. The SMILES string of the molecule is Cc1cc(C(=O)OCc2ccccc2)c(O)c(-c2ccccc2OCCCN(C)c2c(C(C)C)cccc2C(C)C)c1. The Morgan fingerprint density at radius 1 is 0.833 bits per heavy atom. The summed E-state index contributed by atoms with van der Waals surface area (Å²) in [7, 11) is 2.16.